The molecule has 0 aliphatic rings. The lowest BCUT2D eigenvalue weighted by molar-refractivity contribution is 0.132. The van der Waals surface area contributed by atoms with E-state index in [0.717, 1.165) is 11.1 Å². The summed E-state index contributed by atoms with van der Waals surface area (Å²) in [5.41, 5.74) is 2.67. The molecule has 0 atom stereocenters. The van der Waals surface area contributed by atoms with Crippen molar-refractivity contribution in [2.45, 2.75) is 13.5 Å². The van der Waals surface area contributed by atoms with E-state index in [2.05, 4.69) is 10.1 Å². The van der Waals surface area contributed by atoms with Gasteiger partial charge in [0.05, 0.1) is 11.8 Å². The molecule has 0 unspecified atom stereocenters. The minimum atomic E-state index is 0.237. The third kappa shape index (κ3) is 4.97. The fraction of sp³-hybridized carbons (Fsp3) is 0.100. The van der Waals surface area contributed by atoms with Gasteiger partial charge >= 0.3 is 0 Å². The highest BCUT2D eigenvalue weighted by Gasteiger charge is 2.05. The molecule has 0 fully saturated rings. The van der Waals surface area contributed by atoms with E-state index in [0.29, 0.717) is 27.2 Å². The van der Waals surface area contributed by atoms with Crippen LogP contribution < -0.4 is 4.74 Å². The summed E-state index contributed by atoms with van der Waals surface area (Å²) in [6.07, 6.45) is 3.22. The molecule has 132 valence electrons. The number of pyridine rings is 1. The number of benzene rings is 2. The molecular weight excluding hydrogens is 371 g/mol. The maximum atomic E-state index is 6.11. The van der Waals surface area contributed by atoms with Crippen molar-refractivity contribution < 1.29 is 9.57 Å². The first-order valence-corrected chi connectivity index (χ1v) is 8.66. The van der Waals surface area contributed by atoms with E-state index in [1.165, 1.54) is 0 Å². The summed E-state index contributed by atoms with van der Waals surface area (Å²) in [7, 11) is 0. The Balaban J connectivity index is 1.65. The molecule has 0 N–H and O–H groups in total. The Bertz CT molecular complexity index is 912. The minimum absolute atomic E-state index is 0.237. The van der Waals surface area contributed by atoms with Crippen LogP contribution in [-0.2, 0) is 11.4 Å². The van der Waals surface area contributed by atoms with Crippen molar-refractivity contribution in [1.29, 1.82) is 0 Å². The molecule has 4 nitrogen and oxygen atoms in total. The monoisotopic (exact) mass is 386 g/mol. The number of oxime groups is 1. The lowest BCUT2D eigenvalue weighted by atomic mass is 10.2. The normalized spacial score (nSPS) is 10.9. The van der Waals surface area contributed by atoms with Crippen LogP contribution in [0.5, 0.6) is 11.6 Å². The predicted molar refractivity (Wildman–Crippen MR) is 104 cm³/mol. The first-order valence-electron chi connectivity index (χ1n) is 7.90. The van der Waals surface area contributed by atoms with Gasteiger partial charge in [0, 0.05) is 21.8 Å². The van der Waals surface area contributed by atoms with E-state index in [4.69, 9.17) is 32.8 Å². The standard InChI is InChI=1S/C20H16Cl2N2O2/c1-14-4-8-18(9-5-14)26-20-15(3-2-10-23-20)12-24-25-13-16-6-7-17(21)11-19(16)22/h2-12H,13H2,1H3/b24-12-. The van der Waals surface area contributed by atoms with Crippen molar-refractivity contribution in [2.75, 3.05) is 0 Å². The Kier molecular flexibility index (Phi) is 6.10. The number of hydrogen-bond donors (Lipinski definition) is 0. The lowest BCUT2D eigenvalue weighted by Crippen LogP contribution is -1.95. The van der Waals surface area contributed by atoms with E-state index in [9.17, 15) is 0 Å². The van der Waals surface area contributed by atoms with Crippen LogP contribution in [0.25, 0.3) is 0 Å². The quantitative estimate of drug-likeness (QED) is 0.383. The van der Waals surface area contributed by atoms with E-state index in [1.54, 1.807) is 36.7 Å². The summed E-state index contributed by atoms with van der Waals surface area (Å²) in [5.74, 6) is 1.16. The molecule has 0 spiro atoms. The topological polar surface area (TPSA) is 43.7 Å². The molecule has 0 radical (unpaired) electrons. The Morgan fingerprint density at radius 1 is 1.08 bits per heavy atom. The zero-order valence-corrected chi connectivity index (χ0v) is 15.5. The van der Waals surface area contributed by atoms with Crippen LogP contribution in [0.3, 0.4) is 0 Å². The predicted octanol–water partition coefficient (Wildman–Crippen LogP) is 6.04. The number of hydrogen-bond acceptors (Lipinski definition) is 4. The van der Waals surface area contributed by atoms with Crippen LogP contribution in [0.15, 0.2) is 65.9 Å². The molecule has 0 aliphatic heterocycles. The number of aryl methyl sites for hydroxylation is 1. The Morgan fingerprint density at radius 3 is 2.65 bits per heavy atom. The summed E-state index contributed by atoms with van der Waals surface area (Å²) in [6.45, 7) is 2.26. The molecule has 1 aromatic heterocycles. The van der Waals surface area contributed by atoms with Gasteiger partial charge in [0.1, 0.15) is 12.4 Å². The number of nitrogens with zero attached hydrogens (tertiary/aromatic N) is 2. The molecule has 26 heavy (non-hydrogen) atoms. The van der Waals surface area contributed by atoms with Crippen molar-refractivity contribution >= 4 is 29.4 Å². The summed E-state index contributed by atoms with van der Waals surface area (Å²) >= 11 is 12.0. The van der Waals surface area contributed by atoms with E-state index < -0.39 is 0 Å². The van der Waals surface area contributed by atoms with Crippen LogP contribution in [-0.4, -0.2) is 11.2 Å². The molecule has 2 aromatic carbocycles. The van der Waals surface area contributed by atoms with Gasteiger partial charge in [0.2, 0.25) is 5.88 Å². The van der Waals surface area contributed by atoms with Crippen LogP contribution in [0.1, 0.15) is 16.7 Å². The molecule has 0 saturated carbocycles. The van der Waals surface area contributed by atoms with Gasteiger partial charge in [-0.25, -0.2) is 4.98 Å². The number of rotatable bonds is 6. The molecule has 6 heteroatoms. The third-order valence-electron chi connectivity index (χ3n) is 3.54. The third-order valence-corrected chi connectivity index (χ3v) is 4.12. The van der Waals surface area contributed by atoms with Crippen molar-refractivity contribution in [3.63, 3.8) is 0 Å². The highest BCUT2D eigenvalue weighted by atomic mass is 35.5. The zero-order valence-electron chi connectivity index (χ0n) is 14.0. The van der Waals surface area contributed by atoms with Gasteiger partial charge in [0.25, 0.3) is 0 Å². The molecule has 1 heterocycles. The Hall–Kier alpha value is -2.56. The maximum absolute atomic E-state index is 6.11. The molecule has 3 aromatic rings. The van der Waals surface area contributed by atoms with E-state index in [1.807, 2.05) is 37.3 Å². The van der Waals surface area contributed by atoms with Gasteiger partial charge < -0.3 is 9.57 Å². The fourth-order valence-electron chi connectivity index (χ4n) is 2.14. The average Bonchev–Trinajstić information content (AvgIpc) is 2.63. The summed E-state index contributed by atoms with van der Waals surface area (Å²) < 4.78 is 5.82. The van der Waals surface area contributed by atoms with Crippen molar-refractivity contribution in [3.05, 3.63) is 87.5 Å². The molecule has 0 saturated heterocycles. The largest absolute Gasteiger partial charge is 0.438 e. The first-order chi connectivity index (χ1) is 12.6. The molecule has 0 aliphatic carbocycles. The molecule has 3 rings (SSSR count). The van der Waals surface area contributed by atoms with Gasteiger partial charge in [-0.1, -0.05) is 52.1 Å². The van der Waals surface area contributed by atoms with Crippen LogP contribution >= 0.6 is 23.2 Å². The van der Waals surface area contributed by atoms with Gasteiger partial charge in [-0.05, 0) is 43.3 Å². The second kappa shape index (κ2) is 8.70. The Labute approximate surface area is 162 Å². The smallest absolute Gasteiger partial charge is 0.228 e. The number of aromatic nitrogens is 1. The van der Waals surface area contributed by atoms with Crippen LogP contribution in [0.4, 0.5) is 0 Å². The lowest BCUT2D eigenvalue weighted by Gasteiger charge is -2.07. The second-order valence-corrected chi connectivity index (χ2v) is 6.40. The minimum Gasteiger partial charge on any atom is -0.438 e. The fourth-order valence-corrected chi connectivity index (χ4v) is 2.61. The molecule has 0 amide bonds. The van der Waals surface area contributed by atoms with E-state index in [-0.39, 0.29) is 6.61 Å². The summed E-state index contributed by atoms with van der Waals surface area (Å²) in [4.78, 5) is 9.58. The van der Waals surface area contributed by atoms with E-state index >= 15 is 0 Å². The highest BCUT2D eigenvalue weighted by molar-refractivity contribution is 6.35. The van der Waals surface area contributed by atoms with Crippen LogP contribution in [0, 0.1) is 6.92 Å². The van der Waals surface area contributed by atoms with Gasteiger partial charge in [-0.15, -0.1) is 0 Å². The highest BCUT2D eigenvalue weighted by Crippen LogP contribution is 2.23. The SMILES string of the molecule is Cc1ccc(Oc2ncccc2/C=N\OCc2ccc(Cl)cc2Cl)cc1. The maximum Gasteiger partial charge on any atom is 0.228 e. The Morgan fingerprint density at radius 2 is 1.88 bits per heavy atom. The summed E-state index contributed by atoms with van der Waals surface area (Å²) in [6, 6.07) is 16.6. The van der Waals surface area contributed by atoms with Crippen molar-refractivity contribution in [3.8, 4) is 11.6 Å². The number of halogens is 2. The average molecular weight is 387 g/mol. The van der Waals surface area contributed by atoms with Gasteiger partial charge in [0.15, 0.2) is 0 Å². The molecule has 0 bridgehead atoms. The molecular formula is C20H16Cl2N2O2. The van der Waals surface area contributed by atoms with Gasteiger partial charge in [-0.2, -0.15) is 0 Å². The first kappa shape index (κ1) is 18.2. The number of ether oxygens (including phenoxy) is 1. The van der Waals surface area contributed by atoms with Crippen molar-refractivity contribution in [1.82, 2.24) is 4.98 Å². The summed E-state index contributed by atoms with van der Waals surface area (Å²) in [5, 5.41) is 5.10. The van der Waals surface area contributed by atoms with Crippen molar-refractivity contribution in [2.24, 2.45) is 5.16 Å². The second-order valence-electron chi connectivity index (χ2n) is 5.56. The van der Waals surface area contributed by atoms with Crippen LogP contribution in [0.2, 0.25) is 10.0 Å². The zero-order chi connectivity index (χ0) is 18.4. The van der Waals surface area contributed by atoms with Gasteiger partial charge in [-0.3, -0.25) is 0 Å².